The Morgan fingerprint density at radius 1 is 1.44 bits per heavy atom. The predicted octanol–water partition coefficient (Wildman–Crippen LogP) is 2.47. The van der Waals surface area contributed by atoms with Crippen molar-refractivity contribution in [2.45, 2.75) is 19.3 Å². The highest BCUT2D eigenvalue weighted by molar-refractivity contribution is 5.96. The highest BCUT2D eigenvalue weighted by Gasteiger charge is 2.34. The Hall–Kier alpha value is -3.03. The van der Waals surface area contributed by atoms with Crippen molar-refractivity contribution < 1.29 is 14.5 Å². The lowest BCUT2D eigenvalue weighted by Gasteiger charge is -2.19. The molecule has 8 nitrogen and oxygen atoms in total. The molecule has 130 valence electrons. The fraction of sp³-hybridized carbons (Fsp3) is 0.353. The summed E-state index contributed by atoms with van der Waals surface area (Å²) in [6, 6.07) is 7.12. The van der Waals surface area contributed by atoms with Crippen LogP contribution in [0.3, 0.4) is 0 Å². The van der Waals surface area contributed by atoms with Gasteiger partial charge in [-0.25, -0.2) is 9.78 Å². The first-order chi connectivity index (χ1) is 12.0. The first-order valence-corrected chi connectivity index (χ1v) is 7.91. The molecule has 0 N–H and O–H groups in total. The number of nitro groups is 1. The Balaban J connectivity index is 1.98. The van der Waals surface area contributed by atoms with Gasteiger partial charge in [-0.1, -0.05) is 6.07 Å². The summed E-state index contributed by atoms with van der Waals surface area (Å²) in [5, 5.41) is 11.6. The first-order valence-electron chi connectivity index (χ1n) is 7.91. The van der Waals surface area contributed by atoms with Crippen LogP contribution in [-0.2, 0) is 4.74 Å². The molecular weight excluding hydrogens is 324 g/mol. The highest BCUT2D eigenvalue weighted by atomic mass is 16.6. The molecule has 2 aromatic rings. The summed E-state index contributed by atoms with van der Waals surface area (Å²) in [4.78, 5) is 33.5. The molecule has 1 fully saturated rings. The van der Waals surface area contributed by atoms with Crippen molar-refractivity contribution in [2.75, 3.05) is 25.1 Å². The number of ether oxygens (including phenoxy) is 1. The van der Waals surface area contributed by atoms with E-state index in [-0.39, 0.29) is 23.0 Å². The van der Waals surface area contributed by atoms with Crippen molar-refractivity contribution in [2.24, 2.45) is 0 Å². The van der Waals surface area contributed by atoms with E-state index in [4.69, 9.17) is 4.74 Å². The third kappa shape index (κ3) is 3.28. The van der Waals surface area contributed by atoms with Gasteiger partial charge in [0, 0.05) is 36.6 Å². The quantitative estimate of drug-likeness (QED) is 0.478. The molecule has 1 atom stereocenters. The van der Waals surface area contributed by atoms with E-state index in [9.17, 15) is 14.9 Å². The van der Waals surface area contributed by atoms with Gasteiger partial charge in [0.05, 0.1) is 12.0 Å². The molecule has 0 amide bonds. The largest absolute Gasteiger partial charge is 0.465 e. The molecule has 0 radical (unpaired) electrons. The lowest BCUT2D eigenvalue weighted by atomic mass is 10.0. The van der Waals surface area contributed by atoms with Crippen LogP contribution >= 0.6 is 0 Å². The molecule has 0 aromatic carbocycles. The summed E-state index contributed by atoms with van der Waals surface area (Å²) in [6.07, 6.45) is 2.55. The maximum absolute atomic E-state index is 12.0. The molecule has 3 heterocycles. The van der Waals surface area contributed by atoms with Crippen molar-refractivity contribution in [3.63, 3.8) is 0 Å². The number of anilines is 1. The molecule has 0 spiro atoms. The van der Waals surface area contributed by atoms with Gasteiger partial charge >= 0.3 is 11.7 Å². The fourth-order valence-corrected chi connectivity index (χ4v) is 3.13. The smallest absolute Gasteiger partial charge is 0.345 e. The van der Waals surface area contributed by atoms with Crippen molar-refractivity contribution in [3.8, 4) is 0 Å². The minimum Gasteiger partial charge on any atom is -0.465 e. The normalized spacial score (nSPS) is 16.7. The maximum Gasteiger partial charge on any atom is 0.345 e. The predicted molar refractivity (Wildman–Crippen MR) is 90.8 cm³/mol. The third-order valence-electron chi connectivity index (χ3n) is 4.28. The zero-order valence-corrected chi connectivity index (χ0v) is 14.0. The van der Waals surface area contributed by atoms with Crippen LogP contribution in [0, 0.1) is 17.0 Å². The fourth-order valence-electron chi connectivity index (χ4n) is 3.13. The second kappa shape index (κ2) is 6.84. The summed E-state index contributed by atoms with van der Waals surface area (Å²) in [7, 11) is 1.20. The monoisotopic (exact) mass is 342 g/mol. The summed E-state index contributed by atoms with van der Waals surface area (Å²) in [5.41, 5.74) is 1.10. The molecule has 1 unspecified atom stereocenters. The van der Waals surface area contributed by atoms with Gasteiger partial charge in [-0.3, -0.25) is 15.1 Å². The third-order valence-corrected chi connectivity index (χ3v) is 4.28. The van der Waals surface area contributed by atoms with Gasteiger partial charge < -0.3 is 9.64 Å². The van der Waals surface area contributed by atoms with E-state index in [1.807, 2.05) is 23.1 Å². The molecule has 25 heavy (non-hydrogen) atoms. The minimum atomic E-state index is -0.737. The van der Waals surface area contributed by atoms with Crippen LogP contribution in [-0.4, -0.2) is 41.1 Å². The van der Waals surface area contributed by atoms with Crippen LogP contribution in [0.2, 0.25) is 0 Å². The Morgan fingerprint density at radius 2 is 2.24 bits per heavy atom. The zero-order chi connectivity index (χ0) is 18.0. The van der Waals surface area contributed by atoms with E-state index in [1.54, 1.807) is 13.1 Å². The van der Waals surface area contributed by atoms with Gasteiger partial charge in [0.25, 0.3) is 0 Å². The number of carbonyl (C=O) groups is 1. The van der Waals surface area contributed by atoms with Crippen molar-refractivity contribution in [3.05, 3.63) is 57.5 Å². The second-order valence-electron chi connectivity index (χ2n) is 5.92. The van der Waals surface area contributed by atoms with E-state index in [0.29, 0.717) is 18.8 Å². The molecule has 1 saturated heterocycles. The number of esters is 1. The Kier molecular flexibility index (Phi) is 4.60. The molecule has 0 aliphatic carbocycles. The average Bonchev–Trinajstić information content (AvgIpc) is 3.10. The molecular formula is C17H18N4O4. The van der Waals surface area contributed by atoms with E-state index >= 15 is 0 Å². The van der Waals surface area contributed by atoms with Crippen LogP contribution in [0.15, 0.2) is 30.5 Å². The molecule has 1 aliphatic rings. The van der Waals surface area contributed by atoms with E-state index in [0.717, 1.165) is 12.1 Å². The van der Waals surface area contributed by atoms with Gasteiger partial charge in [-0.15, -0.1) is 0 Å². The highest BCUT2D eigenvalue weighted by Crippen LogP contribution is 2.36. The summed E-state index contributed by atoms with van der Waals surface area (Å²) >= 11 is 0. The van der Waals surface area contributed by atoms with Gasteiger partial charge in [0.2, 0.25) is 5.82 Å². The molecule has 3 rings (SSSR count). The lowest BCUT2D eigenvalue weighted by Crippen LogP contribution is -2.23. The number of methoxy groups -OCH3 is 1. The number of aromatic nitrogens is 2. The molecule has 1 aliphatic heterocycles. The number of nitrogens with zero attached hydrogens (tertiary/aromatic N) is 4. The van der Waals surface area contributed by atoms with Crippen LogP contribution in [0.1, 0.15) is 34.1 Å². The van der Waals surface area contributed by atoms with E-state index in [1.165, 1.54) is 13.2 Å². The first kappa shape index (κ1) is 16.8. The van der Waals surface area contributed by atoms with Gasteiger partial charge in [-0.05, 0) is 31.5 Å². The average molecular weight is 342 g/mol. The lowest BCUT2D eigenvalue weighted by molar-refractivity contribution is -0.384. The van der Waals surface area contributed by atoms with Gasteiger partial charge in [0.1, 0.15) is 5.56 Å². The number of hydrogen-bond donors (Lipinski definition) is 0. The second-order valence-corrected chi connectivity index (χ2v) is 5.92. The maximum atomic E-state index is 12.0. The summed E-state index contributed by atoms with van der Waals surface area (Å²) in [6.45, 7) is 2.88. The molecule has 0 saturated carbocycles. The van der Waals surface area contributed by atoms with Gasteiger partial charge in [0.15, 0.2) is 0 Å². The molecule has 2 aromatic heterocycles. The Morgan fingerprint density at radius 3 is 2.88 bits per heavy atom. The number of hydrogen-bond acceptors (Lipinski definition) is 7. The number of carbonyl (C=O) groups excluding carboxylic acids is 1. The molecule has 0 bridgehead atoms. The SMILES string of the molecule is COC(=O)c1cc(C)nc(N2CCC(c3ccccn3)C2)c1[N+](=O)[O-]. The zero-order valence-electron chi connectivity index (χ0n) is 14.0. The standard InChI is InChI=1S/C17H18N4O4/c1-11-9-13(17(22)25-2)15(21(23)24)16(19-11)20-8-6-12(10-20)14-5-3-4-7-18-14/h3-5,7,9,12H,6,8,10H2,1-2H3. The number of aryl methyl sites for hydroxylation is 1. The summed E-state index contributed by atoms with van der Waals surface area (Å²) < 4.78 is 4.69. The number of pyridine rings is 2. The Bertz CT molecular complexity index is 810. The molecule has 8 heteroatoms. The van der Waals surface area contributed by atoms with E-state index in [2.05, 4.69) is 9.97 Å². The minimum absolute atomic E-state index is 0.0729. The van der Waals surface area contributed by atoms with E-state index < -0.39 is 10.9 Å². The number of rotatable bonds is 4. The van der Waals surface area contributed by atoms with Crippen molar-refractivity contribution in [1.82, 2.24) is 9.97 Å². The Labute approximate surface area is 144 Å². The van der Waals surface area contributed by atoms with Crippen LogP contribution < -0.4 is 4.90 Å². The van der Waals surface area contributed by atoms with Crippen LogP contribution in [0.5, 0.6) is 0 Å². The van der Waals surface area contributed by atoms with Crippen molar-refractivity contribution in [1.29, 1.82) is 0 Å². The summed E-state index contributed by atoms with van der Waals surface area (Å²) in [5.74, 6) is -0.354. The van der Waals surface area contributed by atoms with Crippen LogP contribution in [0.25, 0.3) is 0 Å². The van der Waals surface area contributed by atoms with Gasteiger partial charge in [-0.2, -0.15) is 0 Å². The topological polar surface area (TPSA) is 98.5 Å². The van der Waals surface area contributed by atoms with Crippen molar-refractivity contribution >= 4 is 17.5 Å². The van der Waals surface area contributed by atoms with Crippen LogP contribution in [0.4, 0.5) is 11.5 Å².